The summed E-state index contributed by atoms with van der Waals surface area (Å²) in [6.45, 7) is 6.90. The van der Waals surface area contributed by atoms with Crippen molar-refractivity contribution in [2.75, 3.05) is 25.5 Å². The van der Waals surface area contributed by atoms with Crippen LogP contribution in [0.3, 0.4) is 0 Å². The quantitative estimate of drug-likeness (QED) is 0.218. The third-order valence-electron chi connectivity index (χ3n) is 5.92. The lowest BCUT2D eigenvalue weighted by Crippen LogP contribution is -2.36. The zero-order valence-corrected chi connectivity index (χ0v) is 23.1. The molecule has 0 radical (unpaired) electrons. The molecule has 3 heterocycles. The summed E-state index contributed by atoms with van der Waals surface area (Å²) in [5.74, 6) is 0.962. The largest absolute Gasteiger partial charge is 0.494 e. The minimum Gasteiger partial charge on any atom is -0.494 e. The second kappa shape index (κ2) is 12.1. The number of hydrogen-bond acceptors (Lipinski definition) is 9. The molecule has 0 saturated carbocycles. The molecule has 0 saturated heterocycles. The molecule has 0 spiro atoms. The van der Waals surface area contributed by atoms with Gasteiger partial charge < -0.3 is 25.2 Å². The number of amides is 1. The van der Waals surface area contributed by atoms with Crippen molar-refractivity contribution in [1.29, 1.82) is 0 Å². The van der Waals surface area contributed by atoms with E-state index in [0.717, 1.165) is 11.4 Å². The minimum absolute atomic E-state index is 0.0739. The first-order valence-corrected chi connectivity index (χ1v) is 13.0. The number of carbonyl (C=O) groups is 2. The van der Waals surface area contributed by atoms with Crippen LogP contribution in [0.25, 0.3) is 0 Å². The van der Waals surface area contributed by atoms with Gasteiger partial charge in [0.15, 0.2) is 5.69 Å². The fourth-order valence-corrected chi connectivity index (χ4v) is 3.97. The number of aliphatic carboxylic acids is 1. The molecule has 0 aliphatic carbocycles. The first kappa shape index (κ1) is 28.5. The summed E-state index contributed by atoms with van der Waals surface area (Å²) in [6.07, 6.45) is 7.80. The van der Waals surface area contributed by atoms with Crippen LogP contribution in [0.1, 0.15) is 40.0 Å². The molecule has 1 aromatic carbocycles. The molecule has 212 valence electrons. The smallest absolute Gasteiger partial charge is 0.407 e. The lowest BCUT2D eigenvalue weighted by molar-refractivity contribution is -0.137. The molecule has 1 atom stereocenters. The second-order valence-electron chi connectivity index (χ2n) is 10.5. The highest BCUT2D eigenvalue weighted by atomic mass is 16.6. The van der Waals surface area contributed by atoms with Crippen LogP contribution >= 0.6 is 0 Å². The molecule has 13 nitrogen and oxygen atoms in total. The third-order valence-corrected chi connectivity index (χ3v) is 5.92. The highest BCUT2D eigenvalue weighted by Gasteiger charge is 2.37. The van der Waals surface area contributed by atoms with E-state index in [-0.39, 0.29) is 10.9 Å². The van der Waals surface area contributed by atoms with E-state index >= 15 is 0 Å². The number of hydrogen-bond donors (Lipinski definition) is 3. The van der Waals surface area contributed by atoms with E-state index in [1.54, 1.807) is 23.4 Å². The van der Waals surface area contributed by atoms with Gasteiger partial charge in [-0.1, -0.05) is 0 Å². The number of anilines is 2. The number of carboxylic acids is 1. The van der Waals surface area contributed by atoms with Crippen molar-refractivity contribution < 1.29 is 24.2 Å². The van der Waals surface area contributed by atoms with Gasteiger partial charge in [0.1, 0.15) is 17.0 Å². The van der Waals surface area contributed by atoms with Crippen molar-refractivity contribution >= 4 is 47.2 Å². The molecule has 1 amide bonds. The summed E-state index contributed by atoms with van der Waals surface area (Å²) in [5, 5.41) is 19.1. The number of quaternary nitrogens is 1. The average Bonchev–Trinajstić information content (AvgIpc) is 3.48. The zero-order valence-electron chi connectivity index (χ0n) is 23.1. The highest BCUT2D eigenvalue weighted by molar-refractivity contribution is 5.92. The van der Waals surface area contributed by atoms with Gasteiger partial charge in [-0.2, -0.15) is 15.1 Å². The molecule has 1 aliphatic heterocycles. The van der Waals surface area contributed by atoms with Gasteiger partial charge in [-0.25, -0.2) is 14.3 Å². The molecular formula is C27H35N8O5+. The van der Waals surface area contributed by atoms with E-state index < -0.39 is 17.7 Å². The Morgan fingerprint density at radius 2 is 1.90 bits per heavy atom. The number of nitrogens with one attached hydrogen (secondary N) is 2. The number of nitrogens with zero attached hydrogens (tertiary/aromatic N) is 6. The maximum absolute atomic E-state index is 11.8. The van der Waals surface area contributed by atoms with E-state index in [1.807, 2.05) is 58.3 Å². The number of fused-ring (bicyclic) bond motifs is 1. The standard InChI is InChI=1S/C27H34N8O5/c1-27(2,3)40-26(38)28-12-6-13-34-17-19(15-31-34)32-25-29-16-22-24(33-25)35(4,18-30-22)20-8-10-21(11-9-20)39-14-5-7-23(36)37/h8-11,15-18H,5-7,12-14H2,1-4H3,(H2-,28,29,32,33,36,37,38)/p+1. The maximum atomic E-state index is 11.8. The van der Waals surface area contributed by atoms with Gasteiger partial charge >= 0.3 is 12.1 Å². The van der Waals surface area contributed by atoms with Gasteiger partial charge in [-0.15, -0.1) is 0 Å². The van der Waals surface area contributed by atoms with Crippen LogP contribution in [0.5, 0.6) is 5.75 Å². The second-order valence-corrected chi connectivity index (χ2v) is 10.5. The molecule has 3 N–H and O–H groups in total. The Hall–Kier alpha value is -4.52. The Morgan fingerprint density at radius 3 is 2.62 bits per heavy atom. The predicted octanol–water partition coefficient (Wildman–Crippen LogP) is 4.52. The number of aryl methyl sites for hydroxylation is 1. The van der Waals surface area contributed by atoms with Crippen molar-refractivity contribution in [3.63, 3.8) is 0 Å². The molecule has 0 fully saturated rings. The van der Waals surface area contributed by atoms with Gasteiger partial charge in [0, 0.05) is 37.8 Å². The fourth-order valence-electron chi connectivity index (χ4n) is 3.97. The number of carboxylic acid groups (broad SMARTS) is 1. The number of alkyl carbamates (subject to hydrolysis) is 1. The van der Waals surface area contributed by atoms with Crippen LogP contribution in [-0.4, -0.2) is 69.1 Å². The SMILES string of the molecule is CC(C)(C)OC(=O)NCCCn1cc(Nc2ncc3c(n2)[N+](C)(c2ccc(OCCCC(=O)O)cc2)C=N3)cn1. The number of ether oxygens (including phenoxy) is 2. The van der Waals surface area contributed by atoms with Crippen molar-refractivity contribution in [2.45, 2.75) is 52.2 Å². The topological polar surface area (TPSA) is 153 Å². The van der Waals surface area contributed by atoms with Gasteiger partial charge in [0.25, 0.3) is 5.82 Å². The van der Waals surface area contributed by atoms with E-state index in [2.05, 4.69) is 25.7 Å². The fraction of sp³-hybridized carbons (Fsp3) is 0.407. The molecule has 13 heteroatoms. The van der Waals surface area contributed by atoms with Crippen molar-refractivity contribution in [2.24, 2.45) is 4.99 Å². The van der Waals surface area contributed by atoms with Gasteiger partial charge in [0.2, 0.25) is 12.3 Å². The number of aromatic nitrogens is 4. The first-order valence-electron chi connectivity index (χ1n) is 13.0. The molecule has 40 heavy (non-hydrogen) atoms. The van der Waals surface area contributed by atoms with Gasteiger partial charge in [-0.05, 0) is 45.7 Å². The average molecular weight is 552 g/mol. The van der Waals surface area contributed by atoms with Crippen LogP contribution in [-0.2, 0) is 16.1 Å². The Morgan fingerprint density at radius 1 is 1.12 bits per heavy atom. The van der Waals surface area contributed by atoms with Crippen LogP contribution < -0.4 is 19.9 Å². The van der Waals surface area contributed by atoms with E-state index in [4.69, 9.17) is 19.6 Å². The lowest BCUT2D eigenvalue weighted by Gasteiger charge is -2.24. The molecule has 0 bridgehead atoms. The van der Waals surface area contributed by atoms with Crippen LogP contribution in [0.2, 0.25) is 0 Å². The molecule has 1 unspecified atom stereocenters. The Kier molecular flexibility index (Phi) is 8.63. The highest BCUT2D eigenvalue weighted by Crippen LogP contribution is 2.41. The Balaban J connectivity index is 1.33. The minimum atomic E-state index is -0.835. The number of rotatable bonds is 12. The number of aliphatic imine (C=N–C) groups is 1. The van der Waals surface area contributed by atoms with Gasteiger partial charge in [-0.3, -0.25) is 9.48 Å². The number of benzene rings is 1. The Bertz CT molecular complexity index is 1370. The maximum Gasteiger partial charge on any atom is 0.407 e. The summed E-state index contributed by atoms with van der Waals surface area (Å²) >= 11 is 0. The first-order chi connectivity index (χ1) is 19.0. The summed E-state index contributed by atoms with van der Waals surface area (Å²) in [6, 6.07) is 7.57. The summed E-state index contributed by atoms with van der Waals surface area (Å²) < 4.78 is 12.9. The third kappa shape index (κ3) is 7.53. The van der Waals surface area contributed by atoms with E-state index in [1.165, 1.54) is 0 Å². The van der Waals surface area contributed by atoms with Gasteiger partial charge in [0.05, 0.1) is 31.7 Å². The monoisotopic (exact) mass is 551 g/mol. The summed E-state index contributed by atoms with van der Waals surface area (Å²) in [4.78, 5) is 36.1. The van der Waals surface area contributed by atoms with Crippen molar-refractivity contribution in [3.8, 4) is 5.75 Å². The normalized spacial score (nSPS) is 15.9. The molecule has 1 aliphatic rings. The van der Waals surface area contributed by atoms with Crippen molar-refractivity contribution in [1.82, 2.24) is 29.5 Å². The lowest BCUT2D eigenvalue weighted by atomic mass is 10.2. The number of carbonyl (C=O) groups excluding carboxylic acids is 1. The summed E-state index contributed by atoms with van der Waals surface area (Å²) in [7, 11) is 1.98. The van der Waals surface area contributed by atoms with Crippen LogP contribution in [0.4, 0.5) is 33.6 Å². The molecule has 4 rings (SSSR count). The van der Waals surface area contributed by atoms with E-state index in [0.29, 0.717) is 55.7 Å². The predicted molar refractivity (Wildman–Crippen MR) is 151 cm³/mol. The summed E-state index contributed by atoms with van der Waals surface area (Å²) in [5.41, 5.74) is 1.81. The Labute approximate surface area is 232 Å². The van der Waals surface area contributed by atoms with Crippen molar-refractivity contribution in [3.05, 3.63) is 42.9 Å². The van der Waals surface area contributed by atoms with Crippen LogP contribution in [0, 0.1) is 0 Å². The molecule has 3 aromatic rings. The van der Waals surface area contributed by atoms with E-state index in [9.17, 15) is 9.59 Å². The zero-order chi connectivity index (χ0) is 28.8. The van der Waals surface area contributed by atoms with Crippen LogP contribution in [0.15, 0.2) is 47.8 Å². The molecule has 2 aromatic heterocycles. The molecular weight excluding hydrogens is 516 g/mol.